The first-order valence-electron chi connectivity index (χ1n) is 5.85. The van der Waals surface area contributed by atoms with Gasteiger partial charge in [0, 0.05) is 16.7 Å². The van der Waals surface area contributed by atoms with E-state index < -0.39 is 16.8 Å². The van der Waals surface area contributed by atoms with Gasteiger partial charge < -0.3 is 15.4 Å². The first-order valence-corrected chi connectivity index (χ1v) is 5.85. The zero-order chi connectivity index (χ0) is 16.1. The van der Waals surface area contributed by atoms with Gasteiger partial charge in [0.2, 0.25) is 6.33 Å². The minimum Gasteiger partial charge on any atom is -0.508 e. The minimum absolute atomic E-state index is 0.100. The molecule has 2 rings (SSSR count). The lowest BCUT2D eigenvalue weighted by Gasteiger charge is -2.00. The molecule has 114 valence electrons. The summed E-state index contributed by atoms with van der Waals surface area (Å²) in [5.41, 5.74) is 2.47. The highest BCUT2D eigenvalue weighted by molar-refractivity contribution is 5.85. The smallest absolute Gasteiger partial charge is 0.508 e. The normalized spacial score (nSPS) is 10.7. The summed E-state index contributed by atoms with van der Waals surface area (Å²) >= 11 is 0. The van der Waals surface area contributed by atoms with Gasteiger partial charge in [-0.15, -0.1) is 0 Å². The number of benzene rings is 1. The van der Waals surface area contributed by atoms with E-state index in [2.05, 4.69) is 20.6 Å². The Morgan fingerprint density at radius 1 is 1.45 bits per heavy atom. The van der Waals surface area contributed by atoms with Crippen molar-refractivity contribution in [3.8, 4) is 11.5 Å². The van der Waals surface area contributed by atoms with Crippen LogP contribution in [0.25, 0.3) is 0 Å². The van der Waals surface area contributed by atoms with Crippen LogP contribution in [-0.4, -0.2) is 47.2 Å². The number of rotatable bonds is 5. The van der Waals surface area contributed by atoms with Crippen LogP contribution in [0.1, 0.15) is 5.56 Å². The Bertz CT molecular complexity index is 740. The zero-order valence-electron chi connectivity index (χ0n) is 11.0. The number of nitrogens with zero attached hydrogens (tertiary/aromatic N) is 5. The second kappa shape index (κ2) is 6.30. The number of phenolic OH excluding ortho intramolecular Hbond substituents is 2. The van der Waals surface area contributed by atoms with Crippen LogP contribution in [0.3, 0.4) is 0 Å². The Labute approximate surface area is 122 Å². The standard InChI is InChI=1S/C11H10N6O5/c18-8-2-1-7(9(19)3-8)4-13-14-10(20)5-16-6-12-11(15-16)17(21)22/h1-4,6H,5H2,(H3-,13,14,18,19,20,21,22)/p+1. The van der Waals surface area contributed by atoms with Gasteiger partial charge in [-0.25, -0.2) is 5.43 Å². The van der Waals surface area contributed by atoms with Crippen molar-refractivity contribution in [1.29, 1.82) is 0 Å². The molecule has 0 aliphatic heterocycles. The maximum atomic E-state index is 11.6. The molecule has 0 aliphatic rings. The minimum atomic E-state index is -0.568. The lowest BCUT2D eigenvalue weighted by molar-refractivity contribution is -0.734. The van der Waals surface area contributed by atoms with Crippen LogP contribution in [0.5, 0.6) is 11.5 Å². The van der Waals surface area contributed by atoms with Crippen LogP contribution in [0.4, 0.5) is 5.95 Å². The number of aromatic hydroxyl groups is 2. The first-order chi connectivity index (χ1) is 10.5. The lowest BCUT2D eigenvalue weighted by atomic mass is 10.2. The second-order valence-electron chi connectivity index (χ2n) is 4.05. The molecule has 11 heteroatoms. The molecule has 0 aliphatic carbocycles. The molecular formula is C11H11N6O5+. The highest BCUT2D eigenvalue weighted by Gasteiger charge is 2.19. The Hall–Kier alpha value is -3.50. The van der Waals surface area contributed by atoms with Gasteiger partial charge in [-0.05, 0) is 17.1 Å². The predicted molar refractivity (Wildman–Crippen MR) is 70.6 cm³/mol. The Kier molecular flexibility index (Phi) is 4.27. The molecule has 0 atom stereocenters. The Morgan fingerprint density at radius 3 is 2.86 bits per heavy atom. The highest BCUT2D eigenvalue weighted by Crippen LogP contribution is 2.20. The molecule has 0 spiro atoms. The third kappa shape index (κ3) is 3.75. The molecule has 22 heavy (non-hydrogen) atoms. The number of carbonyl (C=O) groups is 1. The van der Waals surface area contributed by atoms with Gasteiger partial charge >= 0.3 is 5.95 Å². The van der Waals surface area contributed by atoms with E-state index in [1.807, 2.05) is 0 Å². The Balaban J connectivity index is 1.91. The van der Waals surface area contributed by atoms with Gasteiger partial charge in [-0.3, -0.25) is 4.79 Å². The number of phenols is 2. The SMILES string of the molecule is O=C(Cn1cnc([N+](=O)O)n1)N/N=C/c1ccc(O)cc1O. The lowest BCUT2D eigenvalue weighted by Crippen LogP contribution is -2.23. The van der Waals surface area contributed by atoms with Crippen molar-refractivity contribution in [3.63, 3.8) is 0 Å². The van der Waals surface area contributed by atoms with Crippen LogP contribution < -0.4 is 5.43 Å². The fourth-order valence-corrected chi connectivity index (χ4v) is 1.45. The number of aromatic nitrogens is 3. The molecule has 11 nitrogen and oxygen atoms in total. The summed E-state index contributed by atoms with van der Waals surface area (Å²) < 4.78 is 1.03. The van der Waals surface area contributed by atoms with E-state index in [9.17, 15) is 14.8 Å². The average molecular weight is 307 g/mol. The number of hydrogen-bond acceptors (Lipinski definition) is 7. The number of amides is 1. The third-order valence-electron chi connectivity index (χ3n) is 2.41. The third-order valence-corrected chi connectivity index (χ3v) is 2.41. The molecule has 4 N–H and O–H groups in total. The summed E-state index contributed by atoms with van der Waals surface area (Å²) in [4.78, 5) is 25.0. The molecular weight excluding hydrogens is 296 g/mol. The predicted octanol–water partition coefficient (Wildman–Crippen LogP) is -0.361. The van der Waals surface area contributed by atoms with Crippen LogP contribution in [0.2, 0.25) is 0 Å². The van der Waals surface area contributed by atoms with Gasteiger partial charge in [-0.1, -0.05) is 4.91 Å². The van der Waals surface area contributed by atoms with Crippen molar-refractivity contribution in [1.82, 2.24) is 20.2 Å². The van der Waals surface area contributed by atoms with Gasteiger partial charge in [-0.2, -0.15) is 9.78 Å². The van der Waals surface area contributed by atoms with Crippen molar-refractivity contribution in [2.24, 2.45) is 5.10 Å². The summed E-state index contributed by atoms with van der Waals surface area (Å²) in [5.74, 6) is -1.36. The molecule has 0 saturated carbocycles. The summed E-state index contributed by atoms with van der Waals surface area (Å²) in [6.07, 6.45) is 2.28. The quantitative estimate of drug-likeness (QED) is 0.434. The second-order valence-corrected chi connectivity index (χ2v) is 4.05. The van der Waals surface area contributed by atoms with Gasteiger partial charge in [0.15, 0.2) is 4.92 Å². The van der Waals surface area contributed by atoms with Crippen LogP contribution in [-0.2, 0) is 11.3 Å². The topological polar surface area (TPSA) is 153 Å². The van der Waals surface area contributed by atoms with E-state index in [0.29, 0.717) is 5.56 Å². The molecule has 0 fully saturated rings. The van der Waals surface area contributed by atoms with Crippen molar-refractivity contribution < 1.29 is 25.1 Å². The van der Waals surface area contributed by atoms with Crippen molar-refractivity contribution in [2.75, 3.05) is 0 Å². The molecule has 1 aromatic heterocycles. The highest BCUT2D eigenvalue weighted by atomic mass is 16.6. The molecule has 1 amide bonds. The van der Waals surface area contributed by atoms with E-state index in [1.165, 1.54) is 18.3 Å². The fraction of sp³-hybridized carbons (Fsp3) is 0.0909. The van der Waals surface area contributed by atoms with Gasteiger partial charge in [0.05, 0.1) is 6.21 Å². The zero-order valence-corrected chi connectivity index (χ0v) is 11.0. The molecule has 0 bridgehead atoms. The van der Waals surface area contributed by atoms with E-state index in [0.717, 1.165) is 17.1 Å². The number of hydrogen-bond donors (Lipinski definition) is 4. The van der Waals surface area contributed by atoms with E-state index >= 15 is 0 Å². The van der Waals surface area contributed by atoms with E-state index in [1.54, 1.807) is 0 Å². The maximum Gasteiger partial charge on any atom is 0.531 e. The van der Waals surface area contributed by atoms with Gasteiger partial charge in [0.1, 0.15) is 18.0 Å². The monoisotopic (exact) mass is 307 g/mol. The van der Waals surface area contributed by atoms with Gasteiger partial charge in [0.25, 0.3) is 5.91 Å². The Morgan fingerprint density at radius 2 is 2.23 bits per heavy atom. The van der Waals surface area contributed by atoms with Crippen molar-refractivity contribution in [3.05, 3.63) is 35.0 Å². The van der Waals surface area contributed by atoms with Crippen LogP contribution >= 0.6 is 0 Å². The average Bonchev–Trinajstić information content (AvgIpc) is 2.90. The van der Waals surface area contributed by atoms with E-state index in [-0.39, 0.29) is 18.0 Å². The molecule has 1 heterocycles. The van der Waals surface area contributed by atoms with E-state index in [4.69, 9.17) is 10.3 Å². The number of nitrogens with one attached hydrogen (secondary N) is 1. The molecule has 0 radical (unpaired) electrons. The summed E-state index contributed by atoms with van der Waals surface area (Å²) in [6, 6.07) is 3.89. The maximum absolute atomic E-state index is 11.6. The van der Waals surface area contributed by atoms with Crippen molar-refractivity contribution >= 4 is 18.1 Å². The molecule has 2 aromatic rings. The van der Waals surface area contributed by atoms with Crippen LogP contribution in [0.15, 0.2) is 29.6 Å². The molecule has 0 saturated heterocycles. The number of hydrazone groups is 1. The number of carbonyl (C=O) groups excluding carboxylic acids is 1. The van der Waals surface area contributed by atoms with Crippen LogP contribution in [0, 0.1) is 4.91 Å². The summed E-state index contributed by atoms with van der Waals surface area (Å²) in [6.45, 7) is -0.278. The first kappa shape index (κ1) is 14.9. The fourth-order valence-electron chi connectivity index (χ4n) is 1.45. The molecule has 1 aromatic carbocycles. The molecule has 0 unspecified atom stereocenters. The van der Waals surface area contributed by atoms with Crippen molar-refractivity contribution in [2.45, 2.75) is 6.54 Å². The summed E-state index contributed by atoms with van der Waals surface area (Å²) in [5, 5.41) is 34.3. The summed E-state index contributed by atoms with van der Waals surface area (Å²) in [7, 11) is 0. The largest absolute Gasteiger partial charge is 0.531 e.